The van der Waals surface area contributed by atoms with Gasteiger partial charge in [-0.1, -0.05) is 37.8 Å². The van der Waals surface area contributed by atoms with Gasteiger partial charge in [0.25, 0.3) is 0 Å². The van der Waals surface area contributed by atoms with Gasteiger partial charge in [0.1, 0.15) is 0 Å². The summed E-state index contributed by atoms with van der Waals surface area (Å²) in [4.78, 5) is 0. The van der Waals surface area contributed by atoms with E-state index in [9.17, 15) is 0 Å². The highest BCUT2D eigenvalue weighted by Gasteiger charge is 2.09. The van der Waals surface area contributed by atoms with Gasteiger partial charge in [-0.2, -0.15) is 0 Å². The number of allylic oxidation sites excluding steroid dienone is 2. The van der Waals surface area contributed by atoms with Crippen molar-refractivity contribution in [2.45, 2.75) is 45.4 Å². The summed E-state index contributed by atoms with van der Waals surface area (Å²) in [5.74, 6) is 0.952. The molecular weight excluding hydrogens is 132 g/mol. The van der Waals surface area contributed by atoms with E-state index in [0.717, 1.165) is 5.92 Å². The quantitative estimate of drug-likeness (QED) is 0.416. The predicted octanol–water partition coefficient (Wildman–Crippen LogP) is 3.74. The lowest BCUT2D eigenvalue weighted by Gasteiger charge is -2.09. The van der Waals surface area contributed by atoms with Gasteiger partial charge in [-0.25, -0.2) is 0 Å². The molecule has 0 heterocycles. The Labute approximate surface area is 70.7 Å². The van der Waals surface area contributed by atoms with E-state index in [2.05, 4.69) is 25.5 Å². The summed E-state index contributed by atoms with van der Waals surface area (Å²) in [5, 5.41) is 0. The van der Waals surface area contributed by atoms with E-state index >= 15 is 0 Å². The van der Waals surface area contributed by atoms with Gasteiger partial charge in [-0.3, -0.25) is 0 Å². The minimum Gasteiger partial charge on any atom is -0.0917 e. The molecule has 1 aliphatic carbocycles. The summed E-state index contributed by atoms with van der Waals surface area (Å²) in [6.07, 6.45) is 15.3. The van der Waals surface area contributed by atoms with Crippen molar-refractivity contribution in [3.63, 3.8) is 0 Å². The first-order valence-electron chi connectivity index (χ1n) is 4.86. The van der Waals surface area contributed by atoms with E-state index < -0.39 is 0 Å². The van der Waals surface area contributed by atoms with Crippen molar-refractivity contribution in [3.8, 4) is 0 Å². The van der Waals surface area contributed by atoms with Crippen LogP contribution in [0.1, 0.15) is 45.4 Å². The number of hydrogen-bond acceptors (Lipinski definition) is 0. The molecule has 1 saturated carbocycles. The monoisotopic (exact) mass is 151 g/mol. The third-order valence-corrected chi connectivity index (χ3v) is 2.48. The maximum atomic E-state index is 2.47. The fourth-order valence-corrected chi connectivity index (χ4v) is 1.74. The zero-order valence-corrected chi connectivity index (χ0v) is 7.55. The maximum absolute atomic E-state index is 2.47. The fraction of sp³-hybridized carbons (Fsp3) is 0.727. The van der Waals surface area contributed by atoms with Crippen LogP contribution in [0.3, 0.4) is 0 Å². The fourth-order valence-electron chi connectivity index (χ4n) is 1.74. The molecule has 0 bridgehead atoms. The van der Waals surface area contributed by atoms with Crippen LogP contribution in [0.5, 0.6) is 0 Å². The Balaban J connectivity index is 2.19. The van der Waals surface area contributed by atoms with Crippen molar-refractivity contribution < 1.29 is 0 Å². The summed E-state index contributed by atoms with van der Waals surface area (Å²) in [6, 6.07) is 0. The van der Waals surface area contributed by atoms with Crippen molar-refractivity contribution in [1.82, 2.24) is 0 Å². The minimum atomic E-state index is 0.952. The second-order valence-corrected chi connectivity index (χ2v) is 3.48. The predicted molar refractivity (Wildman–Crippen MR) is 50.3 cm³/mol. The normalized spacial score (nSPS) is 22.3. The third-order valence-electron chi connectivity index (χ3n) is 2.48. The molecule has 0 saturated heterocycles. The van der Waals surface area contributed by atoms with Crippen LogP contribution < -0.4 is 0 Å². The summed E-state index contributed by atoms with van der Waals surface area (Å²) in [7, 11) is 0. The van der Waals surface area contributed by atoms with E-state index in [0.29, 0.717) is 0 Å². The molecule has 1 fully saturated rings. The second kappa shape index (κ2) is 5.40. The van der Waals surface area contributed by atoms with Crippen LogP contribution in [-0.2, 0) is 0 Å². The average molecular weight is 151 g/mol. The molecule has 1 atom stereocenters. The standard InChI is InChI=1S/C11H19/c1-2-3-8-11-9-6-4-5-7-10-11/h2-3,6,11H,4-5,7-10H2,1H3. The smallest absolute Gasteiger partial charge is 0.0322 e. The van der Waals surface area contributed by atoms with Crippen molar-refractivity contribution in [2.24, 2.45) is 5.92 Å². The van der Waals surface area contributed by atoms with Crippen LogP contribution in [0, 0.1) is 12.3 Å². The van der Waals surface area contributed by atoms with Crippen LogP contribution in [0.4, 0.5) is 0 Å². The first-order chi connectivity index (χ1) is 5.43. The second-order valence-electron chi connectivity index (χ2n) is 3.48. The lowest BCUT2D eigenvalue weighted by Crippen LogP contribution is -1.96. The highest BCUT2D eigenvalue weighted by Crippen LogP contribution is 2.24. The minimum absolute atomic E-state index is 0.952. The highest BCUT2D eigenvalue weighted by molar-refractivity contribution is 4.84. The molecule has 1 unspecified atom stereocenters. The Kier molecular flexibility index (Phi) is 4.33. The van der Waals surface area contributed by atoms with Crippen molar-refractivity contribution in [1.29, 1.82) is 0 Å². The van der Waals surface area contributed by atoms with Crippen LogP contribution in [0.25, 0.3) is 0 Å². The Morgan fingerprint density at radius 3 is 3.18 bits per heavy atom. The van der Waals surface area contributed by atoms with Crippen molar-refractivity contribution >= 4 is 0 Å². The number of hydrogen-bond donors (Lipinski definition) is 0. The van der Waals surface area contributed by atoms with Crippen LogP contribution in [0.15, 0.2) is 12.2 Å². The van der Waals surface area contributed by atoms with Gasteiger partial charge in [0.15, 0.2) is 0 Å². The first-order valence-corrected chi connectivity index (χ1v) is 4.86. The molecular formula is C11H19. The Bertz CT molecular complexity index is 105. The molecule has 0 heteroatoms. The molecule has 0 spiro atoms. The van der Waals surface area contributed by atoms with Crippen molar-refractivity contribution in [3.05, 3.63) is 18.6 Å². The van der Waals surface area contributed by atoms with Crippen molar-refractivity contribution in [2.75, 3.05) is 0 Å². The largest absolute Gasteiger partial charge is 0.0917 e. The van der Waals surface area contributed by atoms with Gasteiger partial charge >= 0.3 is 0 Å². The van der Waals surface area contributed by atoms with E-state index in [1.165, 1.54) is 38.5 Å². The molecule has 63 valence electrons. The van der Waals surface area contributed by atoms with Crippen LogP contribution in [0.2, 0.25) is 0 Å². The van der Waals surface area contributed by atoms with E-state index in [1.807, 2.05) is 0 Å². The molecule has 1 aliphatic rings. The zero-order valence-electron chi connectivity index (χ0n) is 7.55. The molecule has 0 aromatic heterocycles. The van der Waals surface area contributed by atoms with Gasteiger partial charge in [0, 0.05) is 0 Å². The zero-order chi connectivity index (χ0) is 7.94. The molecule has 1 rings (SSSR count). The summed E-state index contributed by atoms with van der Waals surface area (Å²) >= 11 is 0. The lowest BCUT2D eigenvalue weighted by atomic mass is 9.97. The molecule has 0 nitrogen and oxygen atoms in total. The molecule has 0 aromatic carbocycles. The molecule has 0 N–H and O–H groups in total. The lowest BCUT2D eigenvalue weighted by molar-refractivity contribution is 0.489. The molecule has 0 aromatic rings. The van der Waals surface area contributed by atoms with Gasteiger partial charge in [-0.05, 0) is 32.1 Å². The summed E-state index contributed by atoms with van der Waals surface area (Å²) in [6.45, 7) is 2.11. The molecule has 11 heavy (non-hydrogen) atoms. The summed E-state index contributed by atoms with van der Waals surface area (Å²) in [5.41, 5.74) is 0. The van der Waals surface area contributed by atoms with E-state index in [1.54, 1.807) is 0 Å². The Hall–Kier alpha value is -0.260. The van der Waals surface area contributed by atoms with Crippen LogP contribution in [-0.4, -0.2) is 0 Å². The highest BCUT2D eigenvalue weighted by atomic mass is 14.1. The third kappa shape index (κ3) is 3.60. The molecule has 1 radical (unpaired) electrons. The van der Waals surface area contributed by atoms with Gasteiger partial charge in [-0.15, -0.1) is 0 Å². The first kappa shape index (κ1) is 8.83. The van der Waals surface area contributed by atoms with E-state index in [4.69, 9.17) is 0 Å². The maximum Gasteiger partial charge on any atom is -0.0322 e. The van der Waals surface area contributed by atoms with Gasteiger partial charge in [0.05, 0.1) is 0 Å². The van der Waals surface area contributed by atoms with E-state index in [-0.39, 0.29) is 0 Å². The number of rotatable bonds is 2. The topological polar surface area (TPSA) is 0 Å². The average Bonchev–Trinajstić information content (AvgIpc) is 2.28. The molecule has 0 amide bonds. The Morgan fingerprint density at radius 1 is 1.45 bits per heavy atom. The Morgan fingerprint density at radius 2 is 2.36 bits per heavy atom. The molecule has 0 aliphatic heterocycles. The van der Waals surface area contributed by atoms with Crippen LogP contribution >= 0.6 is 0 Å². The van der Waals surface area contributed by atoms with Gasteiger partial charge < -0.3 is 0 Å². The van der Waals surface area contributed by atoms with Gasteiger partial charge in [0.2, 0.25) is 0 Å². The SMILES string of the molecule is CC=CCC1C[CH]CCCC1. The summed E-state index contributed by atoms with van der Waals surface area (Å²) < 4.78 is 0.